The van der Waals surface area contributed by atoms with Gasteiger partial charge in [-0.25, -0.2) is 0 Å². The number of nitrogens with zero attached hydrogens (tertiary/aromatic N) is 1. The Morgan fingerprint density at radius 3 is 2.41 bits per heavy atom. The first-order valence-corrected chi connectivity index (χ1v) is 5.25. The van der Waals surface area contributed by atoms with Gasteiger partial charge in [-0.3, -0.25) is 4.98 Å². The molecular weight excluding hydrogens is 218 g/mol. The summed E-state index contributed by atoms with van der Waals surface area (Å²) in [5.41, 5.74) is 1.35. The maximum atomic E-state index is 9.18. The van der Waals surface area contributed by atoms with Gasteiger partial charge in [0.25, 0.3) is 0 Å². The third kappa shape index (κ3) is 2.61. The summed E-state index contributed by atoms with van der Waals surface area (Å²) in [7, 11) is 0. The first kappa shape index (κ1) is 11.6. The summed E-state index contributed by atoms with van der Waals surface area (Å²) >= 11 is 0. The van der Waals surface area contributed by atoms with Crippen LogP contribution in [0.1, 0.15) is 11.1 Å². The van der Waals surface area contributed by atoms with Crippen LogP contribution in [0.25, 0.3) is 0 Å². The molecule has 1 heterocycles. The van der Waals surface area contributed by atoms with E-state index in [-0.39, 0.29) is 13.2 Å². The minimum absolute atomic E-state index is 0.0924. The lowest BCUT2D eigenvalue weighted by Crippen LogP contribution is -1.95. The van der Waals surface area contributed by atoms with Crippen molar-refractivity contribution >= 4 is 0 Å². The molecule has 0 saturated heterocycles. The number of hydrogen-bond acceptors (Lipinski definition) is 4. The smallest absolute Gasteiger partial charge is 0.151 e. The van der Waals surface area contributed by atoms with Crippen LogP contribution in [0.4, 0.5) is 0 Å². The van der Waals surface area contributed by atoms with Crippen molar-refractivity contribution in [3.63, 3.8) is 0 Å². The highest BCUT2D eigenvalue weighted by atomic mass is 16.5. The SMILES string of the molecule is OCc1ccccc1Oc1cnccc1CO. The Kier molecular flexibility index (Phi) is 3.69. The molecule has 2 aromatic rings. The van der Waals surface area contributed by atoms with Crippen LogP contribution in [-0.4, -0.2) is 15.2 Å². The quantitative estimate of drug-likeness (QED) is 0.843. The molecular formula is C13H13NO3. The van der Waals surface area contributed by atoms with Gasteiger partial charge in [-0.2, -0.15) is 0 Å². The van der Waals surface area contributed by atoms with Crippen molar-refractivity contribution in [2.45, 2.75) is 13.2 Å². The summed E-state index contributed by atoms with van der Waals surface area (Å²) in [5, 5.41) is 18.3. The number of benzene rings is 1. The van der Waals surface area contributed by atoms with Crippen molar-refractivity contribution in [1.82, 2.24) is 4.98 Å². The van der Waals surface area contributed by atoms with E-state index in [4.69, 9.17) is 9.84 Å². The van der Waals surface area contributed by atoms with Gasteiger partial charge < -0.3 is 14.9 Å². The third-order valence-electron chi connectivity index (χ3n) is 2.40. The summed E-state index contributed by atoms with van der Waals surface area (Å²) in [6.07, 6.45) is 3.13. The number of aliphatic hydroxyl groups excluding tert-OH is 2. The molecule has 1 aromatic carbocycles. The van der Waals surface area contributed by atoms with Gasteiger partial charge >= 0.3 is 0 Å². The van der Waals surface area contributed by atoms with Crippen molar-refractivity contribution in [2.24, 2.45) is 0 Å². The molecule has 0 fully saturated rings. The monoisotopic (exact) mass is 231 g/mol. The first-order chi connectivity index (χ1) is 8.35. The number of para-hydroxylation sites is 1. The summed E-state index contributed by atoms with van der Waals surface area (Å²) in [6.45, 7) is -0.204. The van der Waals surface area contributed by atoms with Crippen LogP contribution in [0, 0.1) is 0 Å². The summed E-state index contributed by atoms with van der Waals surface area (Å²) in [5.74, 6) is 1.06. The van der Waals surface area contributed by atoms with E-state index in [1.54, 1.807) is 30.6 Å². The highest BCUT2D eigenvalue weighted by molar-refractivity contribution is 5.39. The average molecular weight is 231 g/mol. The minimum atomic E-state index is -0.112. The second-order valence-corrected chi connectivity index (χ2v) is 3.51. The van der Waals surface area contributed by atoms with E-state index in [9.17, 15) is 5.11 Å². The van der Waals surface area contributed by atoms with Crippen LogP contribution in [-0.2, 0) is 13.2 Å². The number of aliphatic hydroxyl groups is 2. The molecule has 0 atom stereocenters. The zero-order chi connectivity index (χ0) is 12.1. The van der Waals surface area contributed by atoms with E-state index in [0.717, 1.165) is 0 Å². The van der Waals surface area contributed by atoms with Gasteiger partial charge in [0.15, 0.2) is 5.75 Å². The molecule has 4 heteroatoms. The number of ether oxygens (including phenoxy) is 1. The van der Waals surface area contributed by atoms with Gasteiger partial charge in [0.05, 0.1) is 19.4 Å². The molecule has 0 bridgehead atoms. The largest absolute Gasteiger partial charge is 0.455 e. The maximum Gasteiger partial charge on any atom is 0.151 e. The molecule has 0 spiro atoms. The number of aromatic nitrogens is 1. The second-order valence-electron chi connectivity index (χ2n) is 3.51. The zero-order valence-electron chi connectivity index (χ0n) is 9.21. The van der Waals surface area contributed by atoms with Gasteiger partial charge in [0.2, 0.25) is 0 Å². The molecule has 17 heavy (non-hydrogen) atoms. The van der Waals surface area contributed by atoms with Crippen molar-refractivity contribution in [1.29, 1.82) is 0 Å². The van der Waals surface area contributed by atoms with Gasteiger partial charge in [-0.05, 0) is 12.1 Å². The zero-order valence-corrected chi connectivity index (χ0v) is 9.21. The maximum absolute atomic E-state index is 9.18. The van der Waals surface area contributed by atoms with Crippen LogP contribution < -0.4 is 4.74 Å². The average Bonchev–Trinajstić information content (AvgIpc) is 2.40. The molecule has 0 aliphatic rings. The Bertz CT molecular complexity index is 454. The van der Waals surface area contributed by atoms with Gasteiger partial charge in [-0.15, -0.1) is 0 Å². The van der Waals surface area contributed by atoms with E-state index in [1.165, 1.54) is 0 Å². The summed E-state index contributed by atoms with van der Waals surface area (Å²) in [4.78, 5) is 3.95. The second kappa shape index (κ2) is 5.43. The van der Waals surface area contributed by atoms with E-state index < -0.39 is 0 Å². The lowest BCUT2D eigenvalue weighted by atomic mass is 10.2. The van der Waals surface area contributed by atoms with Crippen LogP contribution in [0.3, 0.4) is 0 Å². The van der Waals surface area contributed by atoms with Crippen molar-refractivity contribution < 1.29 is 14.9 Å². The Morgan fingerprint density at radius 2 is 1.65 bits per heavy atom. The molecule has 0 saturated carbocycles. The van der Waals surface area contributed by atoms with Crippen LogP contribution in [0.5, 0.6) is 11.5 Å². The van der Waals surface area contributed by atoms with Crippen LogP contribution >= 0.6 is 0 Å². The fourth-order valence-electron chi connectivity index (χ4n) is 1.48. The van der Waals surface area contributed by atoms with Crippen LogP contribution in [0.15, 0.2) is 42.7 Å². The standard InChI is InChI=1S/C13H13NO3/c15-8-10-3-1-2-4-12(10)17-13-7-14-6-5-11(13)9-16/h1-7,15-16H,8-9H2. The topological polar surface area (TPSA) is 62.6 Å². The van der Waals surface area contributed by atoms with Crippen molar-refractivity contribution in [3.8, 4) is 11.5 Å². The van der Waals surface area contributed by atoms with Crippen molar-refractivity contribution in [2.75, 3.05) is 0 Å². The molecule has 2 N–H and O–H groups in total. The van der Waals surface area contributed by atoms with Gasteiger partial charge in [-0.1, -0.05) is 18.2 Å². The van der Waals surface area contributed by atoms with Gasteiger partial charge in [0.1, 0.15) is 5.75 Å². The predicted molar refractivity (Wildman–Crippen MR) is 62.6 cm³/mol. The fourth-order valence-corrected chi connectivity index (χ4v) is 1.48. The fraction of sp³-hybridized carbons (Fsp3) is 0.154. The number of pyridine rings is 1. The molecule has 4 nitrogen and oxygen atoms in total. The van der Waals surface area contributed by atoms with E-state index in [1.807, 2.05) is 12.1 Å². The molecule has 0 aliphatic heterocycles. The van der Waals surface area contributed by atoms with Crippen molar-refractivity contribution in [3.05, 3.63) is 53.9 Å². The van der Waals surface area contributed by atoms with Crippen LogP contribution in [0.2, 0.25) is 0 Å². The Morgan fingerprint density at radius 1 is 0.941 bits per heavy atom. The predicted octanol–water partition coefficient (Wildman–Crippen LogP) is 1.86. The van der Waals surface area contributed by atoms with E-state index in [0.29, 0.717) is 22.6 Å². The summed E-state index contributed by atoms with van der Waals surface area (Å²) < 4.78 is 5.64. The molecule has 1 aromatic heterocycles. The summed E-state index contributed by atoms with van der Waals surface area (Å²) in [6, 6.07) is 8.89. The lowest BCUT2D eigenvalue weighted by molar-refractivity contribution is 0.270. The molecule has 0 unspecified atom stereocenters. The van der Waals surface area contributed by atoms with E-state index >= 15 is 0 Å². The minimum Gasteiger partial charge on any atom is -0.455 e. The van der Waals surface area contributed by atoms with Gasteiger partial charge in [0, 0.05) is 17.3 Å². The Hall–Kier alpha value is -1.91. The molecule has 0 amide bonds. The third-order valence-corrected chi connectivity index (χ3v) is 2.40. The highest BCUT2D eigenvalue weighted by Crippen LogP contribution is 2.27. The normalized spacial score (nSPS) is 10.2. The molecule has 2 rings (SSSR count). The molecule has 0 aliphatic carbocycles. The Labute approximate surface area is 99.1 Å². The first-order valence-electron chi connectivity index (χ1n) is 5.25. The Balaban J connectivity index is 2.31. The van der Waals surface area contributed by atoms with E-state index in [2.05, 4.69) is 4.98 Å². The lowest BCUT2D eigenvalue weighted by Gasteiger charge is -2.11. The molecule has 88 valence electrons. The number of hydrogen-bond donors (Lipinski definition) is 2. The number of rotatable bonds is 4. The molecule has 0 radical (unpaired) electrons. The highest BCUT2D eigenvalue weighted by Gasteiger charge is 2.07.